The van der Waals surface area contributed by atoms with E-state index >= 15 is 0 Å². The van der Waals surface area contributed by atoms with Gasteiger partial charge in [0.1, 0.15) is 11.6 Å². The standard InChI is InChI=1S/C12H18N3O12P3/c1-14-9(13)2-3-15(12(14)17)11-10(16)7-4-6(7)8(24-11)5-23-30(22)26-28(18,19)25-29(20,21)27-30/h2-3,6-8,10-11,13,16H,4-5H2,1H3,(H,18,19)(H,20,21)/t6?,7?,8-,10?,11-/m1/s1. The second-order valence-corrected chi connectivity index (χ2v) is 12.0. The van der Waals surface area contributed by atoms with E-state index in [1.165, 1.54) is 19.3 Å². The normalized spacial score (nSPS) is 45.7. The molecule has 3 fully saturated rings. The van der Waals surface area contributed by atoms with Crippen molar-refractivity contribution in [3.63, 3.8) is 0 Å². The highest BCUT2D eigenvalue weighted by atomic mass is 31.3. The first-order chi connectivity index (χ1) is 13.8. The summed E-state index contributed by atoms with van der Waals surface area (Å²) in [6, 6.07) is 1.33. The van der Waals surface area contributed by atoms with Crippen molar-refractivity contribution in [2.24, 2.45) is 18.9 Å². The van der Waals surface area contributed by atoms with E-state index in [1.54, 1.807) is 0 Å². The molecule has 2 aliphatic heterocycles. The van der Waals surface area contributed by atoms with Gasteiger partial charge in [0.2, 0.25) is 0 Å². The fourth-order valence-corrected chi connectivity index (χ4v) is 8.39. The number of nitrogens with zero attached hydrogens (tertiary/aromatic N) is 2. The molecule has 7 atom stereocenters. The van der Waals surface area contributed by atoms with E-state index in [1.807, 2.05) is 0 Å². The van der Waals surface area contributed by atoms with E-state index in [0.29, 0.717) is 6.42 Å². The molecule has 0 aromatic carbocycles. The molecule has 4 rings (SSSR count). The molecule has 1 saturated carbocycles. The van der Waals surface area contributed by atoms with Gasteiger partial charge < -0.3 is 19.6 Å². The fourth-order valence-electron chi connectivity index (χ4n) is 3.46. The first-order valence-corrected chi connectivity index (χ1v) is 13.0. The Labute approximate surface area is 168 Å². The molecule has 1 aliphatic carbocycles. The number of hydrogen-bond donors (Lipinski definition) is 4. The summed E-state index contributed by atoms with van der Waals surface area (Å²) in [6.07, 6.45) is -1.26. The van der Waals surface area contributed by atoms with Crippen molar-refractivity contribution >= 4 is 23.5 Å². The van der Waals surface area contributed by atoms with Crippen molar-refractivity contribution in [2.45, 2.75) is 24.9 Å². The fraction of sp³-hybridized carbons (Fsp3) is 0.667. The quantitative estimate of drug-likeness (QED) is 0.411. The van der Waals surface area contributed by atoms with E-state index in [0.717, 1.165) is 9.13 Å². The van der Waals surface area contributed by atoms with Gasteiger partial charge in [0, 0.05) is 13.2 Å². The summed E-state index contributed by atoms with van der Waals surface area (Å²) in [4.78, 5) is 31.0. The average molecular weight is 489 g/mol. The van der Waals surface area contributed by atoms with Crippen LogP contribution in [0, 0.1) is 17.2 Å². The summed E-state index contributed by atoms with van der Waals surface area (Å²) in [5, 5.41) is 18.1. The maximum Gasteiger partial charge on any atom is 0.492 e. The smallest absolute Gasteiger partial charge is 0.388 e. The predicted octanol–water partition coefficient (Wildman–Crippen LogP) is -0.0504. The molecule has 0 amide bonds. The monoisotopic (exact) mass is 489 g/mol. The Kier molecular flexibility index (Phi) is 5.41. The van der Waals surface area contributed by atoms with Gasteiger partial charge in [0.15, 0.2) is 6.23 Å². The van der Waals surface area contributed by atoms with Crippen LogP contribution in [0.15, 0.2) is 17.1 Å². The molecule has 0 spiro atoms. The molecule has 15 nitrogen and oxygen atoms in total. The number of aromatic nitrogens is 2. The predicted molar refractivity (Wildman–Crippen MR) is 93.5 cm³/mol. The number of rotatable bonds is 4. The molecule has 1 aromatic rings. The van der Waals surface area contributed by atoms with Gasteiger partial charge in [-0.3, -0.25) is 19.1 Å². The first kappa shape index (κ1) is 22.3. The summed E-state index contributed by atoms with van der Waals surface area (Å²) in [5.41, 5.74) is -0.670. The zero-order valence-corrected chi connectivity index (χ0v) is 17.9. The van der Waals surface area contributed by atoms with Crippen molar-refractivity contribution in [3.8, 4) is 0 Å². The molecule has 1 aromatic heterocycles. The van der Waals surface area contributed by atoms with Crippen LogP contribution in [0.25, 0.3) is 0 Å². The van der Waals surface area contributed by atoms with Crippen molar-refractivity contribution in [1.29, 1.82) is 5.41 Å². The summed E-state index contributed by atoms with van der Waals surface area (Å²) in [6.45, 7) is -0.556. The van der Waals surface area contributed by atoms with Crippen molar-refractivity contribution < 1.29 is 50.8 Å². The lowest BCUT2D eigenvalue weighted by molar-refractivity contribution is -0.170. The highest BCUT2D eigenvalue weighted by Crippen LogP contribution is 2.80. The SMILES string of the molecule is Cn1c(=N)ccn([C@@H]2O[C@H](COP3(=O)OP(=O)(O)OP(=O)(O)O3)C3CC3C2O)c1=O. The molecule has 2 saturated heterocycles. The molecule has 4 N–H and O–H groups in total. The van der Waals surface area contributed by atoms with Crippen LogP contribution in [0.1, 0.15) is 12.6 Å². The number of phosphoric acid groups is 3. The van der Waals surface area contributed by atoms with Gasteiger partial charge in [-0.2, -0.15) is 12.9 Å². The van der Waals surface area contributed by atoms with Crippen molar-refractivity contribution in [3.05, 3.63) is 28.2 Å². The van der Waals surface area contributed by atoms with Gasteiger partial charge >= 0.3 is 29.2 Å². The highest BCUT2D eigenvalue weighted by Gasteiger charge is 2.58. The number of ether oxygens (including phenoxy) is 1. The molecule has 5 unspecified atom stereocenters. The van der Waals surface area contributed by atoms with Crippen LogP contribution in [-0.4, -0.2) is 42.8 Å². The average Bonchev–Trinajstić information content (AvgIpc) is 3.38. The topological polar surface area (TPSA) is 209 Å². The Hall–Kier alpha value is -0.950. The lowest BCUT2D eigenvalue weighted by Gasteiger charge is -2.35. The zero-order valence-electron chi connectivity index (χ0n) is 15.2. The van der Waals surface area contributed by atoms with Gasteiger partial charge in [0.25, 0.3) is 0 Å². The third-order valence-corrected chi connectivity index (χ3v) is 10.3. The van der Waals surface area contributed by atoms with E-state index in [9.17, 15) is 33.4 Å². The summed E-state index contributed by atoms with van der Waals surface area (Å²) in [5.74, 6) is -0.513. The zero-order chi connectivity index (χ0) is 22.1. The Morgan fingerprint density at radius 3 is 2.47 bits per heavy atom. The molecule has 3 aliphatic rings. The van der Waals surface area contributed by atoms with Crippen LogP contribution in [0.5, 0.6) is 0 Å². The summed E-state index contributed by atoms with van der Waals surface area (Å²) in [7, 11) is -13.9. The molecule has 3 heterocycles. The van der Waals surface area contributed by atoms with Crippen LogP contribution in [0.2, 0.25) is 0 Å². The van der Waals surface area contributed by atoms with E-state index in [2.05, 4.69) is 12.9 Å². The van der Waals surface area contributed by atoms with Gasteiger partial charge in [-0.05, 0) is 24.3 Å². The second kappa shape index (κ2) is 7.29. The molecular weight excluding hydrogens is 471 g/mol. The molecule has 18 heteroatoms. The third kappa shape index (κ3) is 4.21. The Morgan fingerprint density at radius 1 is 1.20 bits per heavy atom. The van der Waals surface area contributed by atoms with Crippen LogP contribution in [0.3, 0.4) is 0 Å². The Morgan fingerprint density at radius 2 is 1.83 bits per heavy atom. The summed E-state index contributed by atoms with van der Waals surface area (Å²) >= 11 is 0. The van der Waals surface area contributed by atoms with Crippen molar-refractivity contribution in [1.82, 2.24) is 9.13 Å². The number of hydrogen-bond acceptors (Lipinski definition) is 11. The number of nitrogens with one attached hydrogen (secondary N) is 1. The van der Waals surface area contributed by atoms with E-state index in [-0.39, 0.29) is 17.3 Å². The van der Waals surface area contributed by atoms with Crippen LogP contribution >= 0.6 is 23.5 Å². The minimum Gasteiger partial charge on any atom is -0.388 e. The van der Waals surface area contributed by atoms with Crippen LogP contribution in [0.4, 0.5) is 0 Å². The molecule has 168 valence electrons. The third-order valence-electron chi connectivity index (χ3n) is 4.96. The highest BCUT2D eigenvalue weighted by molar-refractivity contribution is 7.74. The molecule has 0 radical (unpaired) electrons. The molecule has 0 bridgehead atoms. The van der Waals surface area contributed by atoms with Crippen LogP contribution < -0.4 is 11.2 Å². The van der Waals surface area contributed by atoms with Crippen LogP contribution in [-0.2, 0) is 42.9 Å². The minimum atomic E-state index is -5.16. The van der Waals surface area contributed by atoms with Gasteiger partial charge in [0.05, 0.1) is 12.7 Å². The van der Waals surface area contributed by atoms with Gasteiger partial charge in [-0.15, -0.1) is 0 Å². The first-order valence-electron chi connectivity index (χ1n) is 8.51. The van der Waals surface area contributed by atoms with Gasteiger partial charge in [-0.1, -0.05) is 0 Å². The lowest BCUT2D eigenvalue weighted by atomic mass is 10.1. The molecular formula is C12H18N3O12P3. The molecule has 30 heavy (non-hydrogen) atoms. The number of aliphatic hydroxyl groups excluding tert-OH is 1. The Balaban J connectivity index is 1.53. The largest absolute Gasteiger partial charge is 0.492 e. The summed E-state index contributed by atoms with van der Waals surface area (Å²) < 4.78 is 60.4. The maximum atomic E-state index is 12.4. The lowest BCUT2D eigenvalue weighted by Crippen LogP contribution is -2.47. The van der Waals surface area contributed by atoms with E-state index in [4.69, 9.17) is 14.7 Å². The number of aliphatic hydroxyl groups is 1. The van der Waals surface area contributed by atoms with Gasteiger partial charge in [-0.25, -0.2) is 18.5 Å². The van der Waals surface area contributed by atoms with Crippen molar-refractivity contribution in [2.75, 3.05) is 6.61 Å². The number of fused-ring (bicyclic) bond motifs is 1. The minimum absolute atomic E-state index is 0.0560. The van der Waals surface area contributed by atoms with E-state index < -0.39 is 54.2 Å². The second-order valence-electron chi connectivity index (χ2n) is 6.99. The maximum absolute atomic E-state index is 12.4. The Bertz CT molecular complexity index is 1100.